The summed E-state index contributed by atoms with van der Waals surface area (Å²) in [6.45, 7) is 2.66. The zero-order valence-corrected chi connectivity index (χ0v) is 16.3. The molecule has 1 N–H and O–H groups in total. The highest BCUT2D eigenvalue weighted by Crippen LogP contribution is 2.30. The van der Waals surface area contributed by atoms with E-state index in [0.29, 0.717) is 23.2 Å². The highest BCUT2D eigenvalue weighted by atomic mass is 32.2. The van der Waals surface area contributed by atoms with E-state index in [-0.39, 0.29) is 11.7 Å². The van der Waals surface area contributed by atoms with Crippen molar-refractivity contribution >= 4 is 49.9 Å². The normalized spacial score (nSPS) is 11.1. The molecule has 0 radical (unpaired) electrons. The third kappa shape index (κ3) is 3.77. The molecule has 4 rings (SSSR count). The first-order chi connectivity index (χ1) is 13.3. The van der Waals surface area contributed by atoms with Gasteiger partial charge in [0.2, 0.25) is 10.9 Å². The van der Waals surface area contributed by atoms with E-state index in [1.807, 2.05) is 53.8 Å². The quantitative estimate of drug-likeness (QED) is 0.465. The van der Waals surface area contributed by atoms with Crippen LogP contribution < -0.4 is 10.1 Å². The molecule has 8 heteroatoms. The van der Waals surface area contributed by atoms with Crippen LogP contribution in [0.25, 0.3) is 15.2 Å². The van der Waals surface area contributed by atoms with E-state index < -0.39 is 0 Å². The molecule has 2 aromatic heterocycles. The average Bonchev–Trinajstić information content (AvgIpc) is 3.25. The van der Waals surface area contributed by atoms with E-state index >= 15 is 0 Å². The van der Waals surface area contributed by atoms with E-state index in [0.717, 1.165) is 21.6 Å². The summed E-state index contributed by atoms with van der Waals surface area (Å²) >= 11 is 2.96. The summed E-state index contributed by atoms with van der Waals surface area (Å²) in [6, 6.07) is 15.6. The Hall–Kier alpha value is -2.58. The van der Waals surface area contributed by atoms with Gasteiger partial charge in [0.05, 0.1) is 28.3 Å². The number of carbonyl (C=O) groups excluding carboxylic acids is 1. The molecule has 0 aliphatic carbocycles. The number of hydrogen-bond acceptors (Lipinski definition) is 6. The van der Waals surface area contributed by atoms with Crippen LogP contribution in [0.15, 0.2) is 53.7 Å². The van der Waals surface area contributed by atoms with Crippen molar-refractivity contribution in [2.24, 2.45) is 0 Å². The van der Waals surface area contributed by atoms with Gasteiger partial charge in [0, 0.05) is 0 Å². The minimum absolute atomic E-state index is 0.108. The maximum absolute atomic E-state index is 12.4. The van der Waals surface area contributed by atoms with E-state index in [2.05, 4.69) is 21.6 Å². The van der Waals surface area contributed by atoms with Crippen LogP contribution in [0, 0.1) is 0 Å². The van der Waals surface area contributed by atoms with E-state index in [9.17, 15) is 4.79 Å². The lowest BCUT2D eigenvalue weighted by molar-refractivity contribution is -0.113. The van der Waals surface area contributed by atoms with Gasteiger partial charge < -0.3 is 10.1 Å². The van der Waals surface area contributed by atoms with Gasteiger partial charge in [0.25, 0.3) is 0 Å². The van der Waals surface area contributed by atoms with Crippen molar-refractivity contribution in [3.63, 3.8) is 0 Å². The number of nitrogens with one attached hydrogen (secondary N) is 1. The summed E-state index contributed by atoms with van der Waals surface area (Å²) in [4.78, 5) is 13.3. The third-order valence-corrected chi connectivity index (χ3v) is 5.81. The number of thiazole rings is 1. The van der Waals surface area contributed by atoms with Crippen molar-refractivity contribution in [3.05, 3.63) is 48.5 Å². The summed E-state index contributed by atoms with van der Waals surface area (Å²) in [7, 11) is 0. The molecule has 4 aromatic rings. The number of anilines is 1. The number of benzene rings is 2. The third-order valence-electron chi connectivity index (χ3n) is 3.87. The Balaban J connectivity index is 1.47. The minimum atomic E-state index is -0.108. The first kappa shape index (κ1) is 17.8. The molecule has 6 nitrogen and oxygen atoms in total. The molecule has 0 fully saturated rings. The van der Waals surface area contributed by atoms with Crippen LogP contribution in [0.2, 0.25) is 0 Å². The number of nitrogens with zero attached hydrogens (tertiary/aromatic N) is 3. The van der Waals surface area contributed by atoms with Gasteiger partial charge in [-0.25, -0.2) is 0 Å². The van der Waals surface area contributed by atoms with Gasteiger partial charge in [-0.15, -0.1) is 10.2 Å². The van der Waals surface area contributed by atoms with Gasteiger partial charge in [0.15, 0.2) is 5.16 Å². The second-order valence-corrected chi connectivity index (χ2v) is 7.80. The Labute approximate surface area is 164 Å². The highest BCUT2D eigenvalue weighted by molar-refractivity contribution is 7.99. The lowest BCUT2D eigenvalue weighted by Gasteiger charge is -2.11. The van der Waals surface area contributed by atoms with Gasteiger partial charge in [-0.3, -0.25) is 9.20 Å². The fraction of sp³-hybridized carbons (Fsp3) is 0.211. The van der Waals surface area contributed by atoms with Crippen molar-refractivity contribution in [1.82, 2.24) is 14.6 Å². The molecule has 27 heavy (non-hydrogen) atoms. The molecule has 138 valence electrons. The van der Waals surface area contributed by atoms with Crippen LogP contribution in [0.3, 0.4) is 0 Å². The molecule has 0 bridgehead atoms. The Kier molecular flexibility index (Phi) is 5.26. The summed E-state index contributed by atoms with van der Waals surface area (Å²) in [6.07, 6.45) is 0.912. The topological polar surface area (TPSA) is 68.5 Å². The van der Waals surface area contributed by atoms with Crippen LogP contribution in [0.5, 0.6) is 5.75 Å². The molecular weight excluding hydrogens is 380 g/mol. The molecule has 0 aliphatic heterocycles. The van der Waals surface area contributed by atoms with Crippen molar-refractivity contribution in [1.29, 1.82) is 0 Å². The monoisotopic (exact) mass is 398 g/mol. The highest BCUT2D eigenvalue weighted by Gasteiger charge is 2.14. The van der Waals surface area contributed by atoms with Gasteiger partial charge in [0.1, 0.15) is 5.75 Å². The molecule has 2 heterocycles. The summed E-state index contributed by atoms with van der Waals surface area (Å²) < 4.78 is 8.83. The SMILES string of the molecule is CCCOc1ccccc1NC(=O)CSc1nnc2sc3ccccc3n12. The van der Waals surface area contributed by atoms with E-state index in [1.54, 1.807) is 11.3 Å². The van der Waals surface area contributed by atoms with Gasteiger partial charge in [-0.05, 0) is 30.7 Å². The van der Waals surface area contributed by atoms with Crippen molar-refractivity contribution in [2.45, 2.75) is 18.5 Å². The van der Waals surface area contributed by atoms with Gasteiger partial charge in [-0.2, -0.15) is 0 Å². The number of amides is 1. The first-order valence-corrected chi connectivity index (χ1v) is 10.4. The standard InChI is InChI=1S/C19H18N4O2S2/c1-2-11-25-15-9-5-3-7-13(15)20-17(24)12-26-18-21-22-19-23(18)14-8-4-6-10-16(14)27-19/h3-10H,2,11-12H2,1H3,(H,20,24). The molecule has 0 unspecified atom stereocenters. The molecule has 0 spiro atoms. The zero-order chi connectivity index (χ0) is 18.6. The van der Waals surface area contributed by atoms with Crippen molar-refractivity contribution < 1.29 is 9.53 Å². The van der Waals surface area contributed by atoms with E-state index in [4.69, 9.17) is 4.74 Å². The van der Waals surface area contributed by atoms with Gasteiger partial charge >= 0.3 is 0 Å². The second-order valence-electron chi connectivity index (χ2n) is 5.85. The van der Waals surface area contributed by atoms with Gasteiger partial charge in [-0.1, -0.05) is 54.3 Å². The van der Waals surface area contributed by atoms with Crippen LogP contribution >= 0.6 is 23.1 Å². The minimum Gasteiger partial charge on any atom is -0.491 e. The summed E-state index contributed by atoms with van der Waals surface area (Å²) in [5, 5.41) is 12.1. The maximum Gasteiger partial charge on any atom is 0.234 e. The Morgan fingerprint density at radius 1 is 1.19 bits per heavy atom. The molecule has 0 atom stereocenters. The predicted octanol–water partition coefficient (Wildman–Crippen LogP) is 4.46. The van der Waals surface area contributed by atoms with Crippen LogP contribution in [0.4, 0.5) is 5.69 Å². The Morgan fingerprint density at radius 3 is 2.89 bits per heavy atom. The number of thioether (sulfide) groups is 1. The average molecular weight is 399 g/mol. The molecular formula is C19H18N4O2S2. The molecule has 0 aliphatic rings. The summed E-state index contributed by atoms with van der Waals surface area (Å²) in [5.41, 5.74) is 1.74. The number of ether oxygens (including phenoxy) is 1. The number of rotatable bonds is 7. The number of aromatic nitrogens is 3. The molecule has 0 saturated carbocycles. The van der Waals surface area contributed by atoms with Crippen molar-refractivity contribution in [3.8, 4) is 5.75 Å². The van der Waals surface area contributed by atoms with Crippen LogP contribution in [0.1, 0.15) is 13.3 Å². The number of fused-ring (bicyclic) bond motifs is 3. The summed E-state index contributed by atoms with van der Waals surface area (Å²) in [5.74, 6) is 0.822. The fourth-order valence-corrected chi connectivity index (χ4v) is 4.44. The van der Waals surface area contributed by atoms with Crippen LogP contribution in [-0.2, 0) is 4.79 Å². The van der Waals surface area contributed by atoms with Crippen molar-refractivity contribution in [2.75, 3.05) is 17.7 Å². The van der Waals surface area contributed by atoms with Crippen LogP contribution in [-0.4, -0.2) is 32.9 Å². The number of para-hydroxylation sites is 3. The number of carbonyl (C=O) groups is 1. The lowest BCUT2D eigenvalue weighted by atomic mass is 10.3. The smallest absolute Gasteiger partial charge is 0.234 e. The Bertz CT molecular complexity index is 1090. The molecule has 2 aromatic carbocycles. The number of hydrogen-bond donors (Lipinski definition) is 1. The molecule has 0 saturated heterocycles. The largest absolute Gasteiger partial charge is 0.491 e. The zero-order valence-electron chi connectivity index (χ0n) is 14.7. The maximum atomic E-state index is 12.4. The predicted molar refractivity (Wildman–Crippen MR) is 110 cm³/mol. The Morgan fingerprint density at radius 2 is 2.00 bits per heavy atom. The van der Waals surface area contributed by atoms with E-state index in [1.165, 1.54) is 11.8 Å². The first-order valence-electron chi connectivity index (χ1n) is 8.63. The molecule has 1 amide bonds. The second kappa shape index (κ2) is 7.98. The lowest BCUT2D eigenvalue weighted by Crippen LogP contribution is -2.15. The fourth-order valence-electron chi connectivity index (χ4n) is 2.67.